The number of thiophene rings is 1. The third kappa shape index (κ3) is 3.90. The molecule has 1 aliphatic heterocycles. The number of nitrogens with one attached hydrogen (secondary N) is 1. The fraction of sp³-hybridized carbons (Fsp3) is 0.190. The van der Waals surface area contributed by atoms with Gasteiger partial charge in [0.25, 0.3) is 0 Å². The number of rotatable bonds is 5. The molecule has 0 bridgehead atoms. The van der Waals surface area contributed by atoms with Gasteiger partial charge in [0, 0.05) is 42.3 Å². The fourth-order valence-electron chi connectivity index (χ4n) is 3.23. The van der Waals surface area contributed by atoms with E-state index in [0.717, 1.165) is 22.5 Å². The van der Waals surface area contributed by atoms with E-state index in [9.17, 15) is 9.59 Å². The smallest absolute Gasteiger partial charge is 0.227 e. The van der Waals surface area contributed by atoms with Crippen molar-refractivity contribution < 1.29 is 9.59 Å². The van der Waals surface area contributed by atoms with Gasteiger partial charge in [0.1, 0.15) is 0 Å². The van der Waals surface area contributed by atoms with Gasteiger partial charge in [0.05, 0.1) is 11.6 Å². The highest BCUT2D eigenvalue weighted by Crippen LogP contribution is 2.25. The molecule has 2 amide bonds. The Hall–Kier alpha value is -2.99. The van der Waals surface area contributed by atoms with E-state index in [1.54, 1.807) is 22.4 Å². The molecule has 1 fully saturated rings. The van der Waals surface area contributed by atoms with E-state index < -0.39 is 0 Å². The van der Waals surface area contributed by atoms with Crippen LogP contribution in [0.2, 0.25) is 0 Å². The number of pyridine rings is 1. The summed E-state index contributed by atoms with van der Waals surface area (Å²) in [6.07, 6.45) is 2.00. The Morgan fingerprint density at radius 3 is 2.85 bits per heavy atom. The molecule has 1 unspecified atom stereocenters. The van der Waals surface area contributed by atoms with E-state index in [2.05, 4.69) is 10.3 Å². The van der Waals surface area contributed by atoms with Gasteiger partial charge in [-0.2, -0.15) is 11.3 Å². The second-order valence-electron chi connectivity index (χ2n) is 6.52. The Kier molecular flexibility index (Phi) is 4.98. The Labute approximate surface area is 161 Å². The van der Waals surface area contributed by atoms with Gasteiger partial charge in [-0.1, -0.05) is 18.2 Å². The molecule has 1 atom stereocenters. The minimum atomic E-state index is -0.323. The van der Waals surface area contributed by atoms with Crippen LogP contribution in [0.4, 0.5) is 5.69 Å². The SMILES string of the molecule is O=C(NCc1ccnc(-c2ccsc2)c1)C1CC(=O)N(c2ccccc2)C1. The standard InChI is InChI=1S/C21H19N3O2S/c25-20-11-17(13-24(20)18-4-2-1-3-5-18)21(26)23-12-15-6-8-22-19(10-15)16-7-9-27-14-16/h1-10,14,17H,11-13H2,(H,23,26). The van der Waals surface area contributed by atoms with Crippen molar-refractivity contribution in [3.63, 3.8) is 0 Å². The summed E-state index contributed by atoms with van der Waals surface area (Å²) in [6, 6.07) is 15.4. The monoisotopic (exact) mass is 377 g/mol. The summed E-state index contributed by atoms with van der Waals surface area (Å²) in [6.45, 7) is 0.847. The van der Waals surface area contributed by atoms with Crippen LogP contribution in [0.5, 0.6) is 0 Å². The summed E-state index contributed by atoms with van der Waals surface area (Å²) in [5.41, 5.74) is 3.80. The molecule has 136 valence electrons. The first kappa shape index (κ1) is 17.4. The molecule has 0 radical (unpaired) electrons. The molecule has 3 heterocycles. The third-order valence-electron chi connectivity index (χ3n) is 4.67. The number of benzene rings is 1. The van der Waals surface area contributed by atoms with Crippen LogP contribution in [0, 0.1) is 5.92 Å². The van der Waals surface area contributed by atoms with Crippen molar-refractivity contribution in [2.45, 2.75) is 13.0 Å². The van der Waals surface area contributed by atoms with E-state index in [-0.39, 0.29) is 24.2 Å². The molecule has 3 aromatic rings. The highest BCUT2D eigenvalue weighted by Gasteiger charge is 2.34. The average Bonchev–Trinajstić information content (AvgIpc) is 3.37. The molecule has 0 saturated carbocycles. The third-order valence-corrected chi connectivity index (χ3v) is 5.35. The second kappa shape index (κ2) is 7.72. The fourth-order valence-corrected chi connectivity index (χ4v) is 3.88. The summed E-state index contributed by atoms with van der Waals surface area (Å²) in [7, 11) is 0. The highest BCUT2D eigenvalue weighted by molar-refractivity contribution is 7.08. The number of carbonyl (C=O) groups excluding carboxylic acids is 2. The van der Waals surface area contributed by atoms with Gasteiger partial charge < -0.3 is 10.2 Å². The summed E-state index contributed by atoms with van der Waals surface area (Å²) < 4.78 is 0. The van der Waals surface area contributed by atoms with E-state index >= 15 is 0 Å². The molecule has 6 heteroatoms. The zero-order valence-corrected chi connectivity index (χ0v) is 15.5. The van der Waals surface area contributed by atoms with Crippen LogP contribution < -0.4 is 10.2 Å². The molecule has 27 heavy (non-hydrogen) atoms. The second-order valence-corrected chi connectivity index (χ2v) is 7.30. The number of nitrogens with zero attached hydrogens (tertiary/aromatic N) is 2. The average molecular weight is 377 g/mol. The van der Waals surface area contributed by atoms with Crippen LogP contribution in [-0.2, 0) is 16.1 Å². The van der Waals surface area contributed by atoms with Gasteiger partial charge in [0.2, 0.25) is 11.8 Å². The van der Waals surface area contributed by atoms with Crippen LogP contribution in [-0.4, -0.2) is 23.3 Å². The lowest BCUT2D eigenvalue weighted by atomic mass is 10.1. The van der Waals surface area contributed by atoms with Gasteiger partial charge in [-0.05, 0) is 41.3 Å². The Bertz CT molecular complexity index is 941. The zero-order valence-electron chi connectivity index (χ0n) is 14.7. The van der Waals surface area contributed by atoms with Crippen molar-refractivity contribution in [2.24, 2.45) is 5.92 Å². The first-order valence-corrected chi connectivity index (χ1v) is 9.75. The molecule has 5 nitrogen and oxygen atoms in total. The molecule has 1 N–H and O–H groups in total. The minimum Gasteiger partial charge on any atom is -0.352 e. The lowest BCUT2D eigenvalue weighted by Gasteiger charge is -2.16. The predicted molar refractivity (Wildman–Crippen MR) is 106 cm³/mol. The van der Waals surface area contributed by atoms with Crippen molar-refractivity contribution in [2.75, 3.05) is 11.4 Å². The Morgan fingerprint density at radius 1 is 1.22 bits per heavy atom. The molecule has 0 aliphatic carbocycles. The molecule has 0 spiro atoms. The number of para-hydroxylation sites is 1. The van der Waals surface area contributed by atoms with Gasteiger partial charge in [0.15, 0.2) is 0 Å². The van der Waals surface area contributed by atoms with Gasteiger partial charge >= 0.3 is 0 Å². The highest BCUT2D eigenvalue weighted by atomic mass is 32.1. The normalized spacial score (nSPS) is 16.5. The van der Waals surface area contributed by atoms with Crippen molar-refractivity contribution in [3.05, 3.63) is 71.1 Å². The topological polar surface area (TPSA) is 62.3 Å². The van der Waals surface area contributed by atoms with Crippen LogP contribution in [0.15, 0.2) is 65.5 Å². The lowest BCUT2D eigenvalue weighted by Crippen LogP contribution is -2.32. The zero-order chi connectivity index (χ0) is 18.6. The number of hydrogen-bond donors (Lipinski definition) is 1. The van der Waals surface area contributed by atoms with Crippen LogP contribution in [0.25, 0.3) is 11.3 Å². The molecule has 1 aromatic carbocycles. The number of amides is 2. The van der Waals surface area contributed by atoms with Gasteiger partial charge in [-0.25, -0.2) is 0 Å². The number of aromatic nitrogens is 1. The molecule has 1 saturated heterocycles. The van der Waals surface area contributed by atoms with E-state index in [1.807, 2.05) is 59.3 Å². The minimum absolute atomic E-state index is 0.00925. The molecule has 1 aliphatic rings. The van der Waals surface area contributed by atoms with Crippen molar-refractivity contribution in [3.8, 4) is 11.3 Å². The molecule has 2 aromatic heterocycles. The van der Waals surface area contributed by atoms with Crippen LogP contribution in [0.3, 0.4) is 0 Å². The van der Waals surface area contributed by atoms with E-state index in [4.69, 9.17) is 0 Å². The van der Waals surface area contributed by atoms with Crippen LogP contribution >= 0.6 is 11.3 Å². The summed E-state index contributed by atoms with van der Waals surface area (Å²) in [5, 5.41) is 7.03. The maximum atomic E-state index is 12.6. The Morgan fingerprint density at radius 2 is 2.07 bits per heavy atom. The van der Waals surface area contributed by atoms with E-state index in [1.165, 1.54) is 0 Å². The number of hydrogen-bond acceptors (Lipinski definition) is 4. The number of anilines is 1. The predicted octanol–water partition coefficient (Wildman–Crippen LogP) is 3.48. The molecule has 4 rings (SSSR count). The first-order chi connectivity index (χ1) is 13.2. The van der Waals surface area contributed by atoms with Gasteiger partial charge in [-0.15, -0.1) is 0 Å². The maximum absolute atomic E-state index is 12.6. The van der Waals surface area contributed by atoms with Crippen molar-refractivity contribution in [1.29, 1.82) is 0 Å². The van der Waals surface area contributed by atoms with Gasteiger partial charge in [-0.3, -0.25) is 14.6 Å². The van der Waals surface area contributed by atoms with Crippen molar-refractivity contribution >= 4 is 28.8 Å². The number of carbonyl (C=O) groups is 2. The quantitative estimate of drug-likeness (QED) is 0.740. The largest absolute Gasteiger partial charge is 0.352 e. The maximum Gasteiger partial charge on any atom is 0.227 e. The molecular formula is C21H19N3O2S. The summed E-state index contributed by atoms with van der Waals surface area (Å²) in [5.74, 6) is -0.420. The summed E-state index contributed by atoms with van der Waals surface area (Å²) in [4.78, 5) is 30.9. The first-order valence-electron chi connectivity index (χ1n) is 8.81. The summed E-state index contributed by atoms with van der Waals surface area (Å²) >= 11 is 1.63. The van der Waals surface area contributed by atoms with E-state index in [0.29, 0.717) is 13.1 Å². The van der Waals surface area contributed by atoms with Crippen molar-refractivity contribution in [1.82, 2.24) is 10.3 Å². The lowest BCUT2D eigenvalue weighted by molar-refractivity contribution is -0.126. The molecular weight excluding hydrogens is 358 g/mol. The van der Waals surface area contributed by atoms with Crippen LogP contribution in [0.1, 0.15) is 12.0 Å². The Balaban J connectivity index is 1.38.